The number of hydrogen-bond donors (Lipinski definition) is 0. The molecule has 0 radical (unpaired) electrons. The van der Waals surface area contributed by atoms with Crippen LogP contribution in [0.5, 0.6) is 0 Å². The summed E-state index contributed by atoms with van der Waals surface area (Å²) in [7, 11) is 0. The number of amides is 1. The average Bonchev–Trinajstić information content (AvgIpc) is 2.00. The van der Waals surface area contributed by atoms with Gasteiger partial charge in [0.2, 0.25) is 0 Å². The van der Waals surface area contributed by atoms with E-state index in [2.05, 4.69) is 30.4 Å². The Bertz CT molecular complexity index is 259. The highest BCUT2D eigenvalue weighted by atomic mass is 32.1. The molecule has 0 aromatic carbocycles. The monoisotopic (exact) mass is 165 g/mol. The van der Waals surface area contributed by atoms with Crippen LogP contribution < -0.4 is 0 Å². The van der Waals surface area contributed by atoms with Crippen molar-refractivity contribution in [2.75, 3.05) is 0 Å². The van der Waals surface area contributed by atoms with Gasteiger partial charge in [0.15, 0.2) is 0 Å². The van der Waals surface area contributed by atoms with Gasteiger partial charge in [0, 0.05) is 5.57 Å². The van der Waals surface area contributed by atoms with Crippen molar-refractivity contribution >= 4 is 23.3 Å². The maximum Gasteiger partial charge on any atom is 0.285 e. The number of nitrogens with zero attached hydrogens (tertiary/aromatic N) is 1. The fourth-order valence-electron chi connectivity index (χ4n) is 0.460. The topological polar surface area (TPSA) is 29.4 Å². The molecule has 1 amide bonds. The summed E-state index contributed by atoms with van der Waals surface area (Å²) in [4.78, 5) is 14.1. The fourth-order valence-corrected chi connectivity index (χ4v) is 0.543. The molecule has 0 spiro atoms. The van der Waals surface area contributed by atoms with Gasteiger partial charge in [-0.05, 0) is 18.3 Å². The van der Waals surface area contributed by atoms with Gasteiger partial charge in [-0.3, -0.25) is 4.79 Å². The van der Waals surface area contributed by atoms with Gasteiger partial charge in [-0.15, -0.1) is 0 Å². The molecule has 0 aromatic heterocycles. The normalized spacial score (nSPS) is 9.64. The summed E-state index contributed by atoms with van der Waals surface area (Å²) < 4.78 is 0. The van der Waals surface area contributed by atoms with Crippen LogP contribution in [0.1, 0.15) is 0 Å². The maximum atomic E-state index is 10.9. The van der Waals surface area contributed by atoms with Crippen LogP contribution in [0.25, 0.3) is 0 Å². The highest BCUT2D eigenvalue weighted by molar-refractivity contribution is 7.78. The third-order valence-electron chi connectivity index (χ3n) is 0.911. The first-order chi connectivity index (χ1) is 5.26. The van der Waals surface area contributed by atoms with E-state index in [9.17, 15) is 4.79 Å². The molecule has 0 fully saturated rings. The number of aliphatic imine (C=N–C) groups is 1. The van der Waals surface area contributed by atoms with Crippen LogP contribution in [-0.4, -0.2) is 11.1 Å². The quantitative estimate of drug-likeness (QED) is 0.277. The molecule has 0 bridgehead atoms. The summed E-state index contributed by atoms with van der Waals surface area (Å²) in [5.41, 5.74) is 0.359. The Morgan fingerprint density at radius 2 is 2.18 bits per heavy atom. The van der Waals surface area contributed by atoms with Gasteiger partial charge in [-0.1, -0.05) is 25.3 Å². The Hall–Kier alpha value is -1.31. The molecule has 0 rings (SSSR count). The van der Waals surface area contributed by atoms with Crippen molar-refractivity contribution in [1.29, 1.82) is 0 Å². The molecule has 11 heavy (non-hydrogen) atoms. The molecule has 3 heteroatoms. The van der Waals surface area contributed by atoms with Crippen molar-refractivity contribution in [2.24, 2.45) is 4.99 Å². The third kappa shape index (κ3) is 3.40. The molecule has 56 valence electrons. The van der Waals surface area contributed by atoms with Crippen molar-refractivity contribution in [2.45, 2.75) is 0 Å². The van der Waals surface area contributed by atoms with E-state index >= 15 is 0 Å². The first-order valence-electron chi connectivity index (χ1n) is 2.83. The average molecular weight is 165 g/mol. The molecule has 0 saturated carbocycles. The summed E-state index contributed by atoms with van der Waals surface area (Å²) in [6.07, 6.45) is 4.37. The molecule has 0 aliphatic heterocycles. The molecule has 0 aliphatic carbocycles. The summed E-state index contributed by atoms with van der Waals surface area (Å²) in [6, 6.07) is 0. The zero-order chi connectivity index (χ0) is 8.69. The molecule has 0 heterocycles. The van der Waals surface area contributed by atoms with E-state index in [1.807, 2.05) is 5.16 Å². The van der Waals surface area contributed by atoms with Gasteiger partial charge in [0.1, 0.15) is 0 Å². The number of rotatable bonds is 3. The number of allylic oxidation sites excluding steroid dienone is 2. The standard InChI is InChI=1S/C8H7NOS/c1-3-5-7(4-2)8(10)9-6-11/h3-5H,1-2H2/b7-5+. The lowest BCUT2D eigenvalue weighted by atomic mass is 10.2. The zero-order valence-electron chi connectivity index (χ0n) is 5.91. The highest BCUT2D eigenvalue weighted by Crippen LogP contribution is 1.98. The van der Waals surface area contributed by atoms with E-state index in [0.717, 1.165) is 0 Å². The molecule has 2 nitrogen and oxygen atoms in total. The van der Waals surface area contributed by atoms with Gasteiger partial charge in [0.05, 0.1) is 5.16 Å². The van der Waals surface area contributed by atoms with Crippen molar-refractivity contribution in [3.05, 3.63) is 37.0 Å². The number of carbonyl (C=O) groups is 1. The van der Waals surface area contributed by atoms with Gasteiger partial charge in [-0.25, -0.2) is 0 Å². The van der Waals surface area contributed by atoms with Crippen molar-refractivity contribution in [3.63, 3.8) is 0 Å². The predicted molar refractivity (Wildman–Crippen MR) is 48.5 cm³/mol. The van der Waals surface area contributed by atoms with E-state index in [-0.39, 0.29) is 0 Å². The molecule has 0 N–H and O–H groups in total. The Kier molecular flexibility index (Phi) is 4.82. The summed E-state index contributed by atoms with van der Waals surface area (Å²) in [5.74, 6) is -0.449. The lowest BCUT2D eigenvalue weighted by molar-refractivity contribution is -0.114. The van der Waals surface area contributed by atoms with E-state index in [4.69, 9.17) is 0 Å². The Balaban J connectivity index is 4.64. The number of carbonyl (C=O) groups excluding carboxylic acids is 1. The molecule has 0 unspecified atom stereocenters. The maximum absolute atomic E-state index is 10.9. The lowest BCUT2D eigenvalue weighted by Gasteiger charge is -1.88. The molecule has 0 aromatic rings. The van der Waals surface area contributed by atoms with Crippen LogP contribution in [0.15, 0.2) is 42.0 Å². The predicted octanol–water partition coefficient (Wildman–Crippen LogP) is 1.91. The summed E-state index contributed by atoms with van der Waals surface area (Å²) in [5, 5.41) is 1.98. The first kappa shape index (κ1) is 9.69. The largest absolute Gasteiger partial charge is 0.285 e. The second-order valence-electron chi connectivity index (χ2n) is 1.57. The Labute approximate surface area is 70.6 Å². The zero-order valence-corrected chi connectivity index (χ0v) is 6.73. The minimum atomic E-state index is -0.449. The van der Waals surface area contributed by atoms with E-state index in [0.29, 0.717) is 5.57 Å². The van der Waals surface area contributed by atoms with Crippen LogP contribution in [0.4, 0.5) is 0 Å². The number of isothiocyanates is 1. The van der Waals surface area contributed by atoms with Crippen LogP contribution in [-0.2, 0) is 4.79 Å². The number of hydrogen-bond acceptors (Lipinski definition) is 2. The molecule has 0 aliphatic rings. The SMILES string of the molecule is C=C/C=C(\C=C)C(=O)N=C=S. The van der Waals surface area contributed by atoms with E-state index in [1.54, 1.807) is 0 Å². The van der Waals surface area contributed by atoms with Crippen molar-refractivity contribution in [3.8, 4) is 0 Å². The first-order valence-corrected chi connectivity index (χ1v) is 3.24. The van der Waals surface area contributed by atoms with Crippen LogP contribution >= 0.6 is 12.2 Å². The molecular weight excluding hydrogens is 158 g/mol. The van der Waals surface area contributed by atoms with Crippen LogP contribution in [0.3, 0.4) is 0 Å². The van der Waals surface area contributed by atoms with Crippen LogP contribution in [0.2, 0.25) is 0 Å². The molecule has 0 saturated heterocycles. The minimum absolute atomic E-state index is 0.359. The van der Waals surface area contributed by atoms with Gasteiger partial charge < -0.3 is 0 Å². The second-order valence-corrected chi connectivity index (χ2v) is 1.75. The van der Waals surface area contributed by atoms with Crippen molar-refractivity contribution in [1.82, 2.24) is 0 Å². The van der Waals surface area contributed by atoms with Crippen molar-refractivity contribution < 1.29 is 4.79 Å². The Morgan fingerprint density at radius 3 is 2.55 bits per heavy atom. The number of thiocarbonyl (C=S) groups is 1. The fraction of sp³-hybridized carbons (Fsp3) is 0. The summed E-state index contributed by atoms with van der Waals surface area (Å²) >= 11 is 4.25. The summed E-state index contributed by atoms with van der Waals surface area (Å²) in [6.45, 7) is 6.85. The lowest BCUT2D eigenvalue weighted by Crippen LogP contribution is -1.93. The highest BCUT2D eigenvalue weighted by Gasteiger charge is 2.00. The Morgan fingerprint density at radius 1 is 1.55 bits per heavy atom. The van der Waals surface area contributed by atoms with Gasteiger partial charge >= 0.3 is 0 Å². The molecular formula is C8H7NOS. The third-order valence-corrected chi connectivity index (χ3v) is 1.00. The minimum Gasteiger partial charge on any atom is -0.266 e. The second kappa shape index (κ2) is 5.47. The smallest absolute Gasteiger partial charge is 0.266 e. The van der Waals surface area contributed by atoms with E-state index in [1.165, 1.54) is 18.2 Å². The molecule has 0 atom stereocenters. The van der Waals surface area contributed by atoms with Crippen LogP contribution in [0, 0.1) is 0 Å². The van der Waals surface area contributed by atoms with E-state index < -0.39 is 5.91 Å². The van der Waals surface area contributed by atoms with Gasteiger partial charge in [0.25, 0.3) is 5.91 Å². The van der Waals surface area contributed by atoms with Gasteiger partial charge in [-0.2, -0.15) is 4.99 Å².